The molecule has 0 bridgehead atoms. The summed E-state index contributed by atoms with van der Waals surface area (Å²) in [5, 5.41) is 13.3. The summed E-state index contributed by atoms with van der Waals surface area (Å²) in [5.41, 5.74) is 10.2. The average molecular weight is 371 g/mol. The number of nitrogens with one attached hydrogen (secondary N) is 1. The van der Waals surface area contributed by atoms with Crippen LogP contribution in [-0.2, 0) is 4.79 Å². The molecule has 1 aliphatic rings. The number of amides is 1. The molecule has 0 saturated heterocycles. The Labute approximate surface area is 163 Å². The van der Waals surface area contributed by atoms with E-state index < -0.39 is 0 Å². The quantitative estimate of drug-likeness (QED) is 0.721. The molecule has 1 aliphatic carbocycles. The van der Waals surface area contributed by atoms with Crippen LogP contribution < -0.4 is 11.1 Å². The summed E-state index contributed by atoms with van der Waals surface area (Å²) in [7, 11) is 0. The van der Waals surface area contributed by atoms with Gasteiger partial charge in [0.05, 0.1) is 11.8 Å². The Bertz CT molecular complexity index is 1130. The highest BCUT2D eigenvalue weighted by atomic mass is 16.2. The van der Waals surface area contributed by atoms with Crippen molar-refractivity contribution in [3.8, 4) is 17.3 Å². The Morgan fingerprint density at radius 1 is 1.32 bits per heavy atom. The summed E-state index contributed by atoms with van der Waals surface area (Å²) in [5.74, 6) is 0.902. The number of carbonyl (C=O) groups is 1. The molecule has 6 nitrogen and oxygen atoms in total. The Balaban J connectivity index is 1.71. The molecule has 1 fully saturated rings. The van der Waals surface area contributed by atoms with Gasteiger partial charge in [0.2, 0.25) is 5.91 Å². The normalized spacial score (nSPS) is 17.9. The van der Waals surface area contributed by atoms with Gasteiger partial charge >= 0.3 is 0 Å². The standard InChI is InChI=1S/C22H21N5O/c1-12-5-3-4-6-15(12)20-13(2)16-10-19(25-11-18(16)21(24)27-20)26-22(28)17-9-14(17)7-8-23/h3-6,10-11,14,17H,7,9H2,1-2H3,(H2,24,27)(H,25,26,28)/t14-,17-/m0/s1. The number of nitrogens with two attached hydrogens (primary N) is 1. The molecule has 1 saturated carbocycles. The van der Waals surface area contributed by atoms with Crippen molar-refractivity contribution in [1.29, 1.82) is 5.26 Å². The maximum atomic E-state index is 12.4. The number of nitrogen functional groups attached to an aromatic ring is 1. The number of hydrogen-bond acceptors (Lipinski definition) is 5. The molecule has 3 N–H and O–H groups in total. The predicted molar refractivity (Wildman–Crippen MR) is 109 cm³/mol. The minimum atomic E-state index is -0.0942. The van der Waals surface area contributed by atoms with Crippen molar-refractivity contribution < 1.29 is 4.79 Å². The fourth-order valence-electron chi connectivity index (χ4n) is 3.66. The number of pyridine rings is 2. The lowest BCUT2D eigenvalue weighted by molar-refractivity contribution is -0.117. The molecule has 0 spiro atoms. The molecule has 140 valence electrons. The van der Waals surface area contributed by atoms with Crippen LogP contribution >= 0.6 is 0 Å². The number of benzene rings is 1. The van der Waals surface area contributed by atoms with Gasteiger partial charge in [-0.3, -0.25) is 4.79 Å². The number of nitriles is 1. The van der Waals surface area contributed by atoms with Crippen molar-refractivity contribution in [3.05, 3.63) is 47.7 Å². The van der Waals surface area contributed by atoms with Crippen molar-refractivity contribution >= 4 is 28.3 Å². The van der Waals surface area contributed by atoms with E-state index in [1.165, 1.54) is 0 Å². The van der Waals surface area contributed by atoms with E-state index in [0.717, 1.165) is 39.6 Å². The van der Waals surface area contributed by atoms with Crippen LogP contribution in [0.2, 0.25) is 0 Å². The molecular formula is C22H21N5O. The van der Waals surface area contributed by atoms with E-state index >= 15 is 0 Å². The summed E-state index contributed by atoms with van der Waals surface area (Å²) < 4.78 is 0. The second-order valence-electron chi connectivity index (χ2n) is 7.35. The van der Waals surface area contributed by atoms with Gasteiger partial charge in [0.25, 0.3) is 0 Å². The molecule has 6 heteroatoms. The number of fused-ring (bicyclic) bond motifs is 1. The summed E-state index contributed by atoms with van der Waals surface area (Å²) in [6.45, 7) is 4.05. The van der Waals surface area contributed by atoms with Gasteiger partial charge in [-0.15, -0.1) is 0 Å². The Morgan fingerprint density at radius 2 is 2.11 bits per heavy atom. The van der Waals surface area contributed by atoms with Gasteiger partial charge in [0, 0.05) is 29.5 Å². The fraction of sp³-hybridized carbons (Fsp3) is 0.273. The van der Waals surface area contributed by atoms with Crippen LogP contribution in [0, 0.1) is 37.0 Å². The number of aryl methyl sites for hydroxylation is 2. The molecule has 2 atom stereocenters. The monoisotopic (exact) mass is 371 g/mol. The van der Waals surface area contributed by atoms with Crippen molar-refractivity contribution in [1.82, 2.24) is 9.97 Å². The second kappa shape index (κ2) is 6.93. The summed E-state index contributed by atoms with van der Waals surface area (Å²) in [4.78, 5) is 21.3. The third kappa shape index (κ3) is 3.16. The Hall–Kier alpha value is -3.46. The summed E-state index contributed by atoms with van der Waals surface area (Å²) in [6, 6.07) is 12.0. The van der Waals surface area contributed by atoms with E-state index in [2.05, 4.69) is 21.4 Å². The van der Waals surface area contributed by atoms with Gasteiger partial charge in [-0.05, 0) is 48.8 Å². The minimum absolute atomic E-state index is 0.0779. The lowest BCUT2D eigenvalue weighted by atomic mass is 9.98. The number of nitrogens with zero attached hydrogens (tertiary/aromatic N) is 3. The maximum absolute atomic E-state index is 12.4. The zero-order valence-electron chi connectivity index (χ0n) is 15.9. The van der Waals surface area contributed by atoms with E-state index in [0.29, 0.717) is 18.1 Å². The van der Waals surface area contributed by atoms with Crippen LogP contribution in [0.25, 0.3) is 22.0 Å². The molecule has 28 heavy (non-hydrogen) atoms. The Morgan fingerprint density at radius 3 is 2.86 bits per heavy atom. The summed E-state index contributed by atoms with van der Waals surface area (Å²) in [6.07, 6.45) is 2.84. The highest BCUT2D eigenvalue weighted by Gasteiger charge is 2.42. The summed E-state index contributed by atoms with van der Waals surface area (Å²) >= 11 is 0. The van der Waals surface area contributed by atoms with Gasteiger partial charge in [-0.2, -0.15) is 5.26 Å². The van der Waals surface area contributed by atoms with Crippen LogP contribution in [0.4, 0.5) is 11.6 Å². The van der Waals surface area contributed by atoms with Crippen molar-refractivity contribution in [2.24, 2.45) is 11.8 Å². The number of carbonyl (C=O) groups excluding carboxylic acids is 1. The van der Waals surface area contributed by atoms with Crippen LogP contribution in [-0.4, -0.2) is 15.9 Å². The van der Waals surface area contributed by atoms with Gasteiger partial charge in [-0.25, -0.2) is 9.97 Å². The van der Waals surface area contributed by atoms with Crippen LogP contribution in [0.5, 0.6) is 0 Å². The number of hydrogen-bond donors (Lipinski definition) is 2. The van der Waals surface area contributed by atoms with E-state index in [1.807, 2.05) is 44.2 Å². The first-order valence-corrected chi connectivity index (χ1v) is 9.29. The maximum Gasteiger partial charge on any atom is 0.228 e. The average Bonchev–Trinajstić information content (AvgIpc) is 3.45. The van der Waals surface area contributed by atoms with Gasteiger partial charge < -0.3 is 11.1 Å². The van der Waals surface area contributed by atoms with Gasteiger partial charge in [-0.1, -0.05) is 24.3 Å². The second-order valence-corrected chi connectivity index (χ2v) is 7.35. The molecule has 1 aromatic carbocycles. The third-order valence-corrected chi connectivity index (χ3v) is 5.44. The third-order valence-electron chi connectivity index (χ3n) is 5.44. The topological polar surface area (TPSA) is 105 Å². The first kappa shape index (κ1) is 17.9. The molecule has 0 radical (unpaired) electrons. The SMILES string of the molecule is Cc1ccccc1-c1nc(N)c2cnc(NC(=O)[C@H]3C[C@@H]3CC#N)cc2c1C. The van der Waals surface area contributed by atoms with Crippen LogP contribution in [0.15, 0.2) is 36.5 Å². The smallest absolute Gasteiger partial charge is 0.228 e. The van der Waals surface area contributed by atoms with Gasteiger partial charge in [0.15, 0.2) is 0 Å². The minimum Gasteiger partial charge on any atom is -0.383 e. The van der Waals surface area contributed by atoms with E-state index in [-0.39, 0.29) is 17.7 Å². The molecular weight excluding hydrogens is 350 g/mol. The number of rotatable bonds is 4. The fourth-order valence-corrected chi connectivity index (χ4v) is 3.66. The molecule has 2 aromatic heterocycles. The van der Waals surface area contributed by atoms with E-state index in [1.54, 1.807) is 6.20 Å². The molecule has 0 unspecified atom stereocenters. The zero-order chi connectivity index (χ0) is 19.8. The molecule has 0 aliphatic heterocycles. The first-order valence-electron chi connectivity index (χ1n) is 9.29. The molecule has 1 amide bonds. The molecule has 2 heterocycles. The lowest BCUT2D eigenvalue weighted by Crippen LogP contribution is -2.15. The van der Waals surface area contributed by atoms with E-state index in [4.69, 9.17) is 11.0 Å². The largest absolute Gasteiger partial charge is 0.383 e. The van der Waals surface area contributed by atoms with Crippen LogP contribution in [0.3, 0.4) is 0 Å². The number of anilines is 2. The Kier molecular flexibility index (Phi) is 4.44. The van der Waals surface area contributed by atoms with Crippen molar-refractivity contribution in [2.75, 3.05) is 11.1 Å². The lowest BCUT2D eigenvalue weighted by Gasteiger charge is -2.14. The van der Waals surface area contributed by atoms with Crippen LogP contribution in [0.1, 0.15) is 24.0 Å². The van der Waals surface area contributed by atoms with Gasteiger partial charge in [0.1, 0.15) is 11.6 Å². The zero-order valence-corrected chi connectivity index (χ0v) is 15.9. The number of aromatic nitrogens is 2. The van der Waals surface area contributed by atoms with E-state index in [9.17, 15) is 4.79 Å². The highest BCUT2D eigenvalue weighted by molar-refractivity contribution is 6.00. The molecule has 3 aromatic rings. The predicted octanol–water partition coefficient (Wildman–Crippen LogP) is 3.98. The highest BCUT2D eigenvalue weighted by Crippen LogP contribution is 2.41. The van der Waals surface area contributed by atoms with Crippen molar-refractivity contribution in [3.63, 3.8) is 0 Å². The molecule has 4 rings (SSSR count). The first-order chi connectivity index (χ1) is 13.5. The van der Waals surface area contributed by atoms with Crippen molar-refractivity contribution in [2.45, 2.75) is 26.7 Å².